The highest BCUT2D eigenvalue weighted by Crippen LogP contribution is 2.33. The first kappa shape index (κ1) is 26.0. The number of phenolic OH excluding ortho intramolecular Hbond substituents is 1. The van der Waals surface area contributed by atoms with Gasteiger partial charge in [0.1, 0.15) is 11.6 Å². The number of nitrogens with zero attached hydrogens (tertiary/aromatic N) is 6. The van der Waals surface area contributed by atoms with Crippen LogP contribution in [-0.4, -0.2) is 75.1 Å². The number of likely N-dealkylation sites (tertiary alicyclic amines) is 1. The zero-order chi connectivity index (χ0) is 27.5. The molecule has 2 N–H and O–H groups in total. The molecule has 0 bridgehead atoms. The van der Waals surface area contributed by atoms with Gasteiger partial charge in [-0.2, -0.15) is 5.10 Å². The van der Waals surface area contributed by atoms with Crippen molar-refractivity contribution in [3.05, 3.63) is 72.9 Å². The molecule has 10 heteroatoms. The summed E-state index contributed by atoms with van der Waals surface area (Å²) < 4.78 is 7.65. The van der Waals surface area contributed by atoms with Gasteiger partial charge in [0, 0.05) is 44.0 Å². The first-order chi connectivity index (χ1) is 19.6. The van der Waals surface area contributed by atoms with Gasteiger partial charge in [0.15, 0.2) is 11.5 Å². The molecule has 0 saturated carbocycles. The van der Waals surface area contributed by atoms with Crippen LogP contribution in [0.15, 0.2) is 67.4 Å². The molecule has 0 aliphatic carbocycles. The molecular weight excluding hydrogens is 506 g/mol. The second kappa shape index (κ2) is 11.4. The molecule has 4 aromatic rings. The number of nitrogens with one attached hydrogen (secondary N) is 1. The van der Waals surface area contributed by atoms with Crippen molar-refractivity contribution < 1.29 is 14.6 Å². The number of hydrogen-bond donors (Lipinski definition) is 2. The molecule has 2 aromatic carbocycles. The molecule has 0 unspecified atom stereocenters. The molecule has 6 rings (SSSR count). The fraction of sp³-hybridized carbons (Fsp3) is 0.333. The van der Waals surface area contributed by atoms with Gasteiger partial charge < -0.3 is 20.1 Å². The molecule has 2 aromatic heterocycles. The maximum atomic E-state index is 11.5. The van der Waals surface area contributed by atoms with Gasteiger partial charge in [0.2, 0.25) is 5.91 Å². The molecule has 2 aliphatic heterocycles. The normalized spacial score (nSPS) is 16.8. The van der Waals surface area contributed by atoms with Crippen LogP contribution in [0.5, 0.6) is 5.75 Å². The Kier molecular flexibility index (Phi) is 7.43. The van der Waals surface area contributed by atoms with Crippen molar-refractivity contribution in [1.82, 2.24) is 24.6 Å². The number of carbonyl (C=O) groups excluding carboxylic acids is 1. The van der Waals surface area contributed by atoms with E-state index in [2.05, 4.69) is 38.5 Å². The number of fused-ring (bicyclic) bond motifs is 1. The van der Waals surface area contributed by atoms with Crippen LogP contribution in [0.25, 0.3) is 22.4 Å². The molecule has 2 saturated heterocycles. The quantitative estimate of drug-likeness (QED) is 0.340. The van der Waals surface area contributed by atoms with E-state index in [0.29, 0.717) is 19.0 Å². The van der Waals surface area contributed by atoms with Gasteiger partial charge in [-0.15, -0.1) is 0 Å². The summed E-state index contributed by atoms with van der Waals surface area (Å²) in [7, 11) is 0. The Morgan fingerprint density at radius 2 is 1.85 bits per heavy atom. The minimum absolute atomic E-state index is 0.186. The zero-order valence-electron chi connectivity index (χ0n) is 22.4. The van der Waals surface area contributed by atoms with Crippen LogP contribution in [0.2, 0.25) is 0 Å². The lowest BCUT2D eigenvalue weighted by Gasteiger charge is -2.32. The maximum Gasteiger partial charge on any atom is 0.247 e. The first-order valence-electron chi connectivity index (χ1n) is 13.7. The fourth-order valence-corrected chi connectivity index (χ4v) is 5.44. The van der Waals surface area contributed by atoms with E-state index >= 15 is 0 Å². The minimum Gasteiger partial charge on any atom is -0.508 e. The van der Waals surface area contributed by atoms with E-state index in [9.17, 15) is 9.90 Å². The zero-order valence-corrected chi connectivity index (χ0v) is 22.4. The number of benzene rings is 2. The van der Waals surface area contributed by atoms with Crippen molar-refractivity contribution in [3.8, 4) is 17.1 Å². The highest BCUT2D eigenvalue weighted by molar-refractivity contribution is 5.98. The average Bonchev–Trinajstić information content (AvgIpc) is 3.42. The van der Waals surface area contributed by atoms with E-state index in [1.807, 2.05) is 30.5 Å². The Balaban J connectivity index is 1.21. The molecule has 4 heterocycles. The van der Waals surface area contributed by atoms with Gasteiger partial charge in [0.05, 0.1) is 30.8 Å². The summed E-state index contributed by atoms with van der Waals surface area (Å²) in [6.45, 7) is 9.08. The monoisotopic (exact) mass is 539 g/mol. The van der Waals surface area contributed by atoms with E-state index in [1.165, 1.54) is 11.6 Å². The van der Waals surface area contributed by atoms with Gasteiger partial charge in [0.25, 0.3) is 0 Å². The molecule has 0 radical (unpaired) electrons. The molecule has 40 heavy (non-hydrogen) atoms. The molecule has 2 aliphatic rings. The van der Waals surface area contributed by atoms with E-state index in [1.54, 1.807) is 12.1 Å². The number of morpholine rings is 1. The summed E-state index contributed by atoms with van der Waals surface area (Å²) in [5.41, 5.74) is 3.57. The lowest BCUT2D eigenvalue weighted by atomic mass is 10.0. The molecule has 1 amide bonds. The average molecular weight is 540 g/mol. The molecule has 10 nitrogen and oxygen atoms in total. The number of phenols is 1. The minimum atomic E-state index is -0.211. The van der Waals surface area contributed by atoms with E-state index in [0.717, 1.165) is 73.7 Å². The third-order valence-electron chi connectivity index (χ3n) is 7.56. The molecule has 2 fully saturated rings. The van der Waals surface area contributed by atoms with Crippen LogP contribution in [0.1, 0.15) is 24.4 Å². The summed E-state index contributed by atoms with van der Waals surface area (Å²) in [6.07, 6.45) is 5.08. The Hall–Kier alpha value is -4.28. The van der Waals surface area contributed by atoms with Crippen LogP contribution in [0.3, 0.4) is 0 Å². The highest BCUT2D eigenvalue weighted by atomic mass is 16.5. The number of carbonyl (C=O) groups is 1. The van der Waals surface area contributed by atoms with Crippen molar-refractivity contribution in [2.75, 3.05) is 49.6 Å². The number of hydrogen-bond acceptors (Lipinski definition) is 8. The molecule has 206 valence electrons. The van der Waals surface area contributed by atoms with Crippen LogP contribution in [-0.2, 0) is 16.1 Å². The summed E-state index contributed by atoms with van der Waals surface area (Å²) in [4.78, 5) is 26.1. The Labute approximate surface area is 232 Å². The third kappa shape index (κ3) is 5.54. The third-order valence-corrected chi connectivity index (χ3v) is 7.56. The van der Waals surface area contributed by atoms with Crippen LogP contribution in [0.4, 0.5) is 11.5 Å². The molecule has 0 spiro atoms. The van der Waals surface area contributed by atoms with Crippen LogP contribution in [0, 0.1) is 0 Å². The molecular formula is C30H33N7O3. The lowest BCUT2D eigenvalue weighted by molar-refractivity contribution is -0.111. The second-order valence-corrected chi connectivity index (χ2v) is 10.2. The van der Waals surface area contributed by atoms with Gasteiger partial charge in [-0.05, 0) is 48.7 Å². The smallest absolute Gasteiger partial charge is 0.247 e. The van der Waals surface area contributed by atoms with Crippen LogP contribution >= 0.6 is 0 Å². The van der Waals surface area contributed by atoms with Gasteiger partial charge in [-0.25, -0.2) is 14.6 Å². The lowest BCUT2D eigenvalue weighted by Crippen LogP contribution is -2.37. The van der Waals surface area contributed by atoms with Crippen molar-refractivity contribution in [1.29, 1.82) is 0 Å². The number of anilines is 2. The van der Waals surface area contributed by atoms with Crippen molar-refractivity contribution >= 4 is 28.4 Å². The number of rotatable bonds is 7. The fourth-order valence-electron chi connectivity index (χ4n) is 5.44. The number of aromatic hydroxyl groups is 1. The summed E-state index contributed by atoms with van der Waals surface area (Å²) >= 11 is 0. The van der Waals surface area contributed by atoms with Crippen molar-refractivity contribution in [3.63, 3.8) is 0 Å². The Morgan fingerprint density at radius 1 is 1.07 bits per heavy atom. The van der Waals surface area contributed by atoms with Gasteiger partial charge in [-0.1, -0.05) is 30.8 Å². The largest absolute Gasteiger partial charge is 0.508 e. The van der Waals surface area contributed by atoms with Crippen molar-refractivity contribution in [2.45, 2.75) is 25.4 Å². The number of ether oxygens (including phenoxy) is 1. The van der Waals surface area contributed by atoms with E-state index in [4.69, 9.17) is 19.8 Å². The van der Waals surface area contributed by atoms with E-state index < -0.39 is 0 Å². The summed E-state index contributed by atoms with van der Waals surface area (Å²) in [6, 6.07) is 15.3. The Morgan fingerprint density at radius 3 is 2.58 bits per heavy atom. The Bertz CT molecular complexity index is 1500. The summed E-state index contributed by atoms with van der Waals surface area (Å²) in [5.74, 6) is 1.42. The van der Waals surface area contributed by atoms with Gasteiger partial charge in [-0.3, -0.25) is 9.69 Å². The first-order valence-corrected chi connectivity index (χ1v) is 13.7. The van der Waals surface area contributed by atoms with Gasteiger partial charge >= 0.3 is 0 Å². The SMILES string of the molecule is C=CC(=O)Nc1ccc(CN2CCC(n3ncc4c(N5CCOCC5)nc(-c5cccc(O)c5)nc43)CC2)cc1. The predicted octanol–water partition coefficient (Wildman–Crippen LogP) is 4.00. The second-order valence-electron chi connectivity index (χ2n) is 10.2. The van der Waals surface area contributed by atoms with Crippen molar-refractivity contribution in [2.24, 2.45) is 0 Å². The highest BCUT2D eigenvalue weighted by Gasteiger charge is 2.26. The maximum absolute atomic E-state index is 11.5. The molecule has 0 atom stereocenters. The number of piperidine rings is 1. The summed E-state index contributed by atoms with van der Waals surface area (Å²) in [5, 5.41) is 18.6. The topological polar surface area (TPSA) is 109 Å². The number of aromatic nitrogens is 4. The standard InChI is InChI=1S/C30H33N7O3/c1-2-27(39)32-23-8-6-21(7-9-23)20-35-12-10-24(11-13-35)37-30-26(19-31-37)29(36-14-16-40-17-15-36)33-28(34-30)22-4-3-5-25(38)18-22/h2-9,18-19,24,38H,1,10-17,20H2,(H,32,39). The van der Waals surface area contributed by atoms with E-state index in [-0.39, 0.29) is 17.7 Å². The predicted molar refractivity (Wildman–Crippen MR) is 154 cm³/mol. The number of amides is 1. The van der Waals surface area contributed by atoms with Crippen LogP contribution < -0.4 is 10.2 Å².